The molecule has 2 rings (SSSR count). The first-order valence-corrected chi connectivity index (χ1v) is 5.91. The van der Waals surface area contributed by atoms with Crippen molar-refractivity contribution in [1.29, 1.82) is 0 Å². The molecular weight excluding hydrogens is 261 g/mol. The van der Waals surface area contributed by atoms with Gasteiger partial charge in [0.15, 0.2) is 0 Å². The second kappa shape index (κ2) is 3.88. The molecule has 1 amide bonds. The Labute approximate surface area is 92.1 Å². The van der Waals surface area contributed by atoms with Gasteiger partial charge in [-0.2, -0.15) is 0 Å². The summed E-state index contributed by atoms with van der Waals surface area (Å²) in [5.41, 5.74) is 0.792. The molecular formula is C10H7NO3Se. The van der Waals surface area contributed by atoms with Gasteiger partial charge in [0.25, 0.3) is 0 Å². The average Bonchev–Trinajstić information content (AvgIpc) is 2.49. The summed E-state index contributed by atoms with van der Waals surface area (Å²) in [7, 11) is 0. The van der Waals surface area contributed by atoms with Crippen LogP contribution in [-0.2, 0) is 4.79 Å². The SMILES string of the molecule is O=C1N/C(=C\c2ccccc2O)C(=O)[Se]1. The van der Waals surface area contributed by atoms with Gasteiger partial charge in [-0.3, -0.25) is 0 Å². The van der Waals surface area contributed by atoms with Crippen LogP contribution in [0.2, 0.25) is 0 Å². The van der Waals surface area contributed by atoms with Crippen LogP contribution in [0.4, 0.5) is 4.79 Å². The average molecular weight is 268 g/mol. The standard InChI is InChI=1S/C10H7NO3Se/c12-8-4-2-1-3-6(8)5-7-9(13)15-10(14)11-7/h1-5,12H,(H,11,14)/b7-5-. The molecule has 0 radical (unpaired) electrons. The second-order valence-corrected chi connectivity index (χ2v) is 4.90. The van der Waals surface area contributed by atoms with Crippen LogP contribution < -0.4 is 5.32 Å². The zero-order valence-electron chi connectivity index (χ0n) is 7.56. The molecule has 1 aromatic rings. The summed E-state index contributed by atoms with van der Waals surface area (Å²) in [6.45, 7) is 0. The predicted molar refractivity (Wildman–Crippen MR) is 55.4 cm³/mol. The molecule has 15 heavy (non-hydrogen) atoms. The van der Waals surface area contributed by atoms with Crippen LogP contribution in [0.3, 0.4) is 0 Å². The molecule has 0 unspecified atom stereocenters. The van der Waals surface area contributed by atoms with Crippen molar-refractivity contribution in [2.45, 2.75) is 0 Å². The summed E-state index contributed by atoms with van der Waals surface area (Å²) in [4.78, 5) is 22.0. The second-order valence-electron chi connectivity index (χ2n) is 2.92. The van der Waals surface area contributed by atoms with Crippen molar-refractivity contribution in [2.24, 2.45) is 0 Å². The fourth-order valence-corrected chi connectivity index (χ4v) is 2.34. The molecule has 0 saturated carbocycles. The van der Waals surface area contributed by atoms with Crippen LogP contribution in [0, 0.1) is 0 Å². The normalized spacial score (nSPS) is 18.3. The van der Waals surface area contributed by atoms with Gasteiger partial charge >= 0.3 is 91.8 Å². The van der Waals surface area contributed by atoms with E-state index in [1.165, 1.54) is 12.1 Å². The number of aromatic hydroxyl groups is 1. The van der Waals surface area contributed by atoms with Crippen LogP contribution in [0.5, 0.6) is 5.75 Å². The number of phenolic OH excluding ortho intramolecular Hbond substituents is 1. The third kappa shape index (κ3) is 2.09. The maximum atomic E-state index is 11.3. The molecule has 0 aromatic heterocycles. The van der Waals surface area contributed by atoms with E-state index < -0.39 is 15.0 Å². The molecule has 1 fully saturated rings. The minimum absolute atomic E-state index is 0.0893. The Morgan fingerprint density at radius 1 is 1.27 bits per heavy atom. The summed E-state index contributed by atoms with van der Waals surface area (Å²) in [5.74, 6) is 0.0893. The number of carbonyl (C=O) groups excluding carboxylic acids is 2. The van der Waals surface area contributed by atoms with Crippen molar-refractivity contribution < 1.29 is 14.7 Å². The van der Waals surface area contributed by atoms with Crippen molar-refractivity contribution in [1.82, 2.24) is 5.32 Å². The van der Waals surface area contributed by atoms with Gasteiger partial charge in [-0.1, -0.05) is 0 Å². The summed E-state index contributed by atoms with van der Waals surface area (Å²) >= 11 is -0.657. The maximum absolute atomic E-state index is 11.3. The molecule has 0 spiro atoms. The Morgan fingerprint density at radius 2 is 2.00 bits per heavy atom. The van der Waals surface area contributed by atoms with Crippen molar-refractivity contribution in [3.63, 3.8) is 0 Å². The van der Waals surface area contributed by atoms with E-state index in [-0.39, 0.29) is 20.9 Å². The Balaban J connectivity index is 2.35. The summed E-state index contributed by atoms with van der Waals surface area (Å²) in [6, 6.07) is 6.64. The number of carbonyl (C=O) groups is 2. The summed E-state index contributed by atoms with van der Waals surface area (Å²) < 4.78 is -0.184. The molecule has 4 nitrogen and oxygen atoms in total. The number of allylic oxidation sites excluding steroid dienone is 1. The van der Waals surface area contributed by atoms with Gasteiger partial charge in [0.1, 0.15) is 0 Å². The molecule has 0 bridgehead atoms. The van der Waals surface area contributed by atoms with E-state index in [1.807, 2.05) is 0 Å². The van der Waals surface area contributed by atoms with Gasteiger partial charge in [0, 0.05) is 0 Å². The zero-order chi connectivity index (χ0) is 10.8. The van der Waals surface area contributed by atoms with Crippen molar-refractivity contribution in [3.05, 3.63) is 35.5 Å². The molecule has 2 N–H and O–H groups in total. The molecule has 1 heterocycles. The Kier molecular flexibility index (Phi) is 2.58. The van der Waals surface area contributed by atoms with Gasteiger partial charge in [-0.05, 0) is 0 Å². The molecule has 1 aromatic carbocycles. The van der Waals surface area contributed by atoms with E-state index in [9.17, 15) is 14.7 Å². The number of para-hydroxylation sites is 1. The van der Waals surface area contributed by atoms with E-state index in [2.05, 4.69) is 5.32 Å². The van der Waals surface area contributed by atoms with Crippen molar-refractivity contribution >= 4 is 30.5 Å². The molecule has 5 heteroatoms. The molecule has 76 valence electrons. The Hall–Kier alpha value is -1.58. The zero-order valence-corrected chi connectivity index (χ0v) is 9.27. The van der Waals surface area contributed by atoms with E-state index in [0.29, 0.717) is 5.56 Å². The minimum atomic E-state index is -0.657. The third-order valence-electron chi connectivity index (χ3n) is 1.88. The van der Waals surface area contributed by atoms with Crippen LogP contribution in [0.15, 0.2) is 30.0 Å². The Bertz CT molecular complexity index is 467. The third-order valence-corrected chi connectivity index (χ3v) is 3.33. The quantitative estimate of drug-likeness (QED) is 0.581. The van der Waals surface area contributed by atoms with E-state index in [1.54, 1.807) is 18.2 Å². The van der Waals surface area contributed by atoms with Crippen LogP contribution in [0.1, 0.15) is 5.56 Å². The van der Waals surface area contributed by atoms with Crippen molar-refractivity contribution in [3.8, 4) is 5.75 Å². The first kappa shape index (κ1) is 9.96. The first-order chi connectivity index (χ1) is 7.16. The number of amides is 1. The summed E-state index contributed by atoms with van der Waals surface area (Å²) in [6.07, 6.45) is 1.49. The molecule has 1 saturated heterocycles. The van der Waals surface area contributed by atoms with Crippen LogP contribution in [-0.4, -0.2) is 29.6 Å². The molecule has 1 aliphatic rings. The summed E-state index contributed by atoms with van der Waals surface area (Å²) in [5, 5.41) is 11.9. The number of benzene rings is 1. The number of hydrogen-bond acceptors (Lipinski definition) is 3. The topological polar surface area (TPSA) is 66.4 Å². The van der Waals surface area contributed by atoms with Gasteiger partial charge in [0.05, 0.1) is 0 Å². The van der Waals surface area contributed by atoms with E-state index in [0.717, 1.165) is 0 Å². The van der Waals surface area contributed by atoms with Gasteiger partial charge in [-0.25, -0.2) is 0 Å². The number of nitrogens with one attached hydrogen (secondary N) is 1. The molecule has 1 aliphatic heterocycles. The van der Waals surface area contributed by atoms with Crippen LogP contribution >= 0.6 is 0 Å². The monoisotopic (exact) mass is 269 g/mol. The fourth-order valence-electron chi connectivity index (χ4n) is 1.19. The fraction of sp³-hybridized carbons (Fsp3) is 0. The van der Waals surface area contributed by atoms with Gasteiger partial charge in [-0.15, -0.1) is 0 Å². The number of phenols is 1. The van der Waals surface area contributed by atoms with Gasteiger partial charge in [0.2, 0.25) is 0 Å². The van der Waals surface area contributed by atoms with Crippen LogP contribution in [0.25, 0.3) is 6.08 Å². The Morgan fingerprint density at radius 3 is 2.60 bits per heavy atom. The van der Waals surface area contributed by atoms with Gasteiger partial charge < -0.3 is 0 Å². The predicted octanol–water partition coefficient (Wildman–Crippen LogP) is 0.687. The van der Waals surface area contributed by atoms with E-state index in [4.69, 9.17) is 0 Å². The number of hydrogen-bond donors (Lipinski definition) is 2. The molecule has 0 atom stereocenters. The first-order valence-electron chi connectivity index (χ1n) is 4.19. The molecule has 0 aliphatic carbocycles. The van der Waals surface area contributed by atoms with Crippen molar-refractivity contribution in [2.75, 3.05) is 0 Å². The number of rotatable bonds is 1. The van der Waals surface area contributed by atoms with E-state index >= 15 is 0 Å².